The zero-order valence-electron chi connectivity index (χ0n) is 13.5. The van der Waals surface area contributed by atoms with E-state index in [4.69, 9.17) is 5.73 Å². The molecule has 3 heterocycles. The van der Waals surface area contributed by atoms with Gasteiger partial charge in [0.05, 0.1) is 23.3 Å². The summed E-state index contributed by atoms with van der Waals surface area (Å²) in [6.45, 7) is 3.13. The monoisotopic (exact) mass is 323 g/mol. The SMILES string of the molecule is Nc1cn[nH]c1C1CCN(Cc2ccc(-n3cncn3)cc2)CC1. The van der Waals surface area contributed by atoms with Crippen LogP contribution in [0.15, 0.2) is 43.1 Å². The lowest BCUT2D eigenvalue weighted by Gasteiger charge is -2.31. The number of H-pyrrole nitrogens is 1. The number of nitrogens with two attached hydrogens (primary N) is 1. The summed E-state index contributed by atoms with van der Waals surface area (Å²) in [5, 5.41) is 11.2. The van der Waals surface area contributed by atoms with E-state index >= 15 is 0 Å². The minimum absolute atomic E-state index is 0.499. The van der Waals surface area contributed by atoms with E-state index in [0.29, 0.717) is 5.92 Å². The number of nitrogens with zero attached hydrogens (tertiary/aromatic N) is 5. The Morgan fingerprint density at radius 3 is 2.58 bits per heavy atom. The molecule has 0 amide bonds. The molecule has 0 atom stereocenters. The van der Waals surface area contributed by atoms with Gasteiger partial charge in [0, 0.05) is 12.5 Å². The van der Waals surface area contributed by atoms with Gasteiger partial charge < -0.3 is 5.73 Å². The van der Waals surface area contributed by atoms with E-state index in [1.807, 2.05) is 0 Å². The van der Waals surface area contributed by atoms with Crippen molar-refractivity contribution in [1.82, 2.24) is 29.9 Å². The maximum absolute atomic E-state index is 5.97. The van der Waals surface area contributed by atoms with Crippen LogP contribution in [0.4, 0.5) is 5.69 Å². The van der Waals surface area contributed by atoms with Gasteiger partial charge in [-0.25, -0.2) is 9.67 Å². The summed E-state index contributed by atoms with van der Waals surface area (Å²) < 4.78 is 1.77. The van der Waals surface area contributed by atoms with Gasteiger partial charge in [-0.1, -0.05) is 12.1 Å². The summed E-state index contributed by atoms with van der Waals surface area (Å²) in [5.74, 6) is 0.499. The summed E-state index contributed by atoms with van der Waals surface area (Å²) in [7, 11) is 0. The highest BCUT2D eigenvalue weighted by atomic mass is 15.3. The Morgan fingerprint density at radius 1 is 1.17 bits per heavy atom. The van der Waals surface area contributed by atoms with Crippen molar-refractivity contribution in [3.63, 3.8) is 0 Å². The summed E-state index contributed by atoms with van der Waals surface area (Å²) in [6.07, 6.45) is 7.19. The van der Waals surface area contributed by atoms with Crippen LogP contribution in [0.1, 0.15) is 30.0 Å². The van der Waals surface area contributed by atoms with Crippen molar-refractivity contribution in [2.75, 3.05) is 18.8 Å². The third-order valence-corrected chi connectivity index (χ3v) is 4.72. The van der Waals surface area contributed by atoms with Crippen LogP contribution in [0.25, 0.3) is 5.69 Å². The minimum atomic E-state index is 0.499. The zero-order valence-corrected chi connectivity index (χ0v) is 13.5. The number of nitrogen functional groups attached to an aromatic ring is 1. The summed E-state index contributed by atoms with van der Waals surface area (Å²) >= 11 is 0. The average Bonchev–Trinajstić information content (AvgIpc) is 3.28. The molecule has 0 spiro atoms. The minimum Gasteiger partial charge on any atom is -0.396 e. The number of hydrogen-bond donors (Lipinski definition) is 2. The van der Waals surface area contributed by atoms with Gasteiger partial charge in [0.1, 0.15) is 12.7 Å². The highest BCUT2D eigenvalue weighted by Gasteiger charge is 2.23. The molecule has 1 aromatic carbocycles. The van der Waals surface area contributed by atoms with Crippen molar-refractivity contribution in [3.8, 4) is 5.69 Å². The Morgan fingerprint density at radius 2 is 1.96 bits per heavy atom. The molecular formula is C17H21N7. The van der Waals surface area contributed by atoms with Gasteiger partial charge in [0.15, 0.2) is 0 Å². The van der Waals surface area contributed by atoms with Crippen molar-refractivity contribution in [2.24, 2.45) is 0 Å². The Kier molecular flexibility index (Phi) is 4.00. The van der Waals surface area contributed by atoms with E-state index in [1.165, 1.54) is 5.56 Å². The van der Waals surface area contributed by atoms with E-state index in [-0.39, 0.29) is 0 Å². The lowest BCUT2D eigenvalue weighted by atomic mass is 9.92. The quantitative estimate of drug-likeness (QED) is 0.766. The van der Waals surface area contributed by atoms with Crippen LogP contribution >= 0.6 is 0 Å². The number of aromatic nitrogens is 5. The Labute approximate surface area is 140 Å². The Balaban J connectivity index is 1.35. The number of nitrogens with one attached hydrogen (secondary N) is 1. The molecule has 0 aliphatic carbocycles. The topological polar surface area (TPSA) is 88.6 Å². The molecule has 3 aromatic rings. The second-order valence-electron chi connectivity index (χ2n) is 6.30. The van der Waals surface area contributed by atoms with E-state index in [9.17, 15) is 0 Å². The second-order valence-corrected chi connectivity index (χ2v) is 6.30. The van der Waals surface area contributed by atoms with E-state index in [1.54, 1.807) is 23.5 Å². The number of aromatic amines is 1. The molecule has 0 unspecified atom stereocenters. The first-order valence-corrected chi connectivity index (χ1v) is 8.24. The van der Waals surface area contributed by atoms with Crippen molar-refractivity contribution in [2.45, 2.75) is 25.3 Å². The summed E-state index contributed by atoms with van der Waals surface area (Å²) in [6, 6.07) is 8.50. The fourth-order valence-corrected chi connectivity index (χ4v) is 3.37. The second kappa shape index (κ2) is 6.45. The van der Waals surface area contributed by atoms with Gasteiger partial charge in [0.2, 0.25) is 0 Å². The van der Waals surface area contributed by atoms with Crippen molar-refractivity contribution in [3.05, 3.63) is 54.4 Å². The summed E-state index contributed by atoms with van der Waals surface area (Å²) in [4.78, 5) is 6.47. The Bertz CT molecular complexity index is 768. The van der Waals surface area contributed by atoms with Gasteiger partial charge in [-0.05, 0) is 43.6 Å². The fourth-order valence-electron chi connectivity index (χ4n) is 3.37. The predicted octanol–water partition coefficient (Wildman–Crippen LogP) is 1.95. The molecule has 7 heteroatoms. The normalized spacial score (nSPS) is 16.5. The molecule has 7 nitrogen and oxygen atoms in total. The van der Waals surface area contributed by atoms with Gasteiger partial charge in [-0.2, -0.15) is 10.2 Å². The van der Waals surface area contributed by atoms with E-state index in [0.717, 1.165) is 49.5 Å². The first-order chi connectivity index (χ1) is 11.8. The maximum atomic E-state index is 5.97. The molecule has 1 aliphatic rings. The molecule has 3 N–H and O–H groups in total. The molecule has 1 aliphatic heterocycles. The molecule has 2 aromatic heterocycles. The number of benzene rings is 1. The van der Waals surface area contributed by atoms with Crippen LogP contribution in [-0.4, -0.2) is 43.0 Å². The molecular weight excluding hydrogens is 302 g/mol. The summed E-state index contributed by atoms with van der Waals surface area (Å²) in [5.41, 5.74) is 10.2. The lowest BCUT2D eigenvalue weighted by molar-refractivity contribution is 0.203. The molecule has 0 saturated carbocycles. The third kappa shape index (κ3) is 3.03. The molecule has 0 bridgehead atoms. The van der Waals surface area contributed by atoms with Crippen molar-refractivity contribution in [1.29, 1.82) is 0 Å². The zero-order chi connectivity index (χ0) is 16.4. The Hall–Kier alpha value is -2.67. The van der Waals surface area contributed by atoms with Crippen LogP contribution < -0.4 is 5.73 Å². The van der Waals surface area contributed by atoms with Crippen molar-refractivity contribution >= 4 is 5.69 Å². The van der Waals surface area contributed by atoms with Crippen LogP contribution in [0.2, 0.25) is 0 Å². The third-order valence-electron chi connectivity index (χ3n) is 4.72. The predicted molar refractivity (Wildman–Crippen MR) is 91.6 cm³/mol. The molecule has 1 saturated heterocycles. The first kappa shape index (κ1) is 14.9. The molecule has 0 radical (unpaired) electrons. The van der Waals surface area contributed by atoms with Crippen LogP contribution in [0, 0.1) is 0 Å². The molecule has 124 valence electrons. The van der Waals surface area contributed by atoms with E-state index < -0.39 is 0 Å². The number of likely N-dealkylation sites (tertiary alicyclic amines) is 1. The highest BCUT2D eigenvalue weighted by molar-refractivity contribution is 5.42. The number of hydrogen-bond acceptors (Lipinski definition) is 5. The first-order valence-electron chi connectivity index (χ1n) is 8.24. The number of rotatable bonds is 4. The molecule has 4 rings (SSSR count). The number of piperidine rings is 1. The van der Waals surface area contributed by atoms with Gasteiger partial charge >= 0.3 is 0 Å². The highest BCUT2D eigenvalue weighted by Crippen LogP contribution is 2.30. The van der Waals surface area contributed by atoms with E-state index in [2.05, 4.69) is 49.4 Å². The van der Waals surface area contributed by atoms with Gasteiger partial charge in [-0.3, -0.25) is 10.00 Å². The average molecular weight is 323 g/mol. The maximum Gasteiger partial charge on any atom is 0.138 e. The number of anilines is 1. The van der Waals surface area contributed by atoms with Crippen LogP contribution in [0.5, 0.6) is 0 Å². The molecule has 24 heavy (non-hydrogen) atoms. The van der Waals surface area contributed by atoms with Crippen molar-refractivity contribution < 1.29 is 0 Å². The van der Waals surface area contributed by atoms with Gasteiger partial charge in [-0.15, -0.1) is 0 Å². The van der Waals surface area contributed by atoms with Crippen LogP contribution in [0.3, 0.4) is 0 Å². The largest absolute Gasteiger partial charge is 0.396 e. The fraction of sp³-hybridized carbons (Fsp3) is 0.353. The smallest absolute Gasteiger partial charge is 0.138 e. The lowest BCUT2D eigenvalue weighted by Crippen LogP contribution is -2.32. The van der Waals surface area contributed by atoms with Gasteiger partial charge in [0.25, 0.3) is 0 Å². The van der Waals surface area contributed by atoms with Crippen LogP contribution in [-0.2, 0) is 6.54 Å². The molecule has 1 fully saturated rings. The standard InChI is InChI=1S/C17H21N7/c18-16-9-20-22-17(16)14-5-7-23(8-6-14)10-13-1-3-15(4-2-13)24-12-19-11-21-24/h1-4,9,11-12,14H,5-8,10,18H2,(H,20,22).